The van der Waals surface area contributed by atoms with Crippen molar-refractivity contribution in [1.29, 1.82) is 0 Å². The molecule has 1 aliphatic heterocycles. The van der Waals surface area contributed by atoms with E-state index in [0.29, 0.717) is 6.61 Å². The number of aliphatic hydroxyl groups is 3. The lowest BCUT2D eigenvalue weighted by Crippen LogP contribution is -2.42. The Morgan fingerprint density at radius 3 is 1.90 bits per heavy atom. The smallest absolute Gasteiger partial charge is 0.114 e. The summed E-state index contributed by atoms with van der Waals surface area (Å²) in [6, 6.07) is 0. The van der Waals surface area contributed by atoms with Crippen molar-refractivity contribution in [2.24, 2.45) is 0 Å². The zero-order valence-electron chi connectivity index (χ0n) is 20.1. The summed E-state index contributed by atoms with van der Waals surface area (Å²) in [6.07, 6.45) is 22.5. The Kier molecular flexibility index (Phi) is 18.6. The predicted octanol–water partition coefficient (Wildman–Crippen LogP) is 5.30. The van der Waals surface area contributed by atoms with Crippen molar-refractivity contribution in [2.45, 2.75) is 134 Å². The average Bonchev–Trinajstić information content (AvgIpc) is 3.15. The lowest BCUT2D eigenvalue weighted by molar-refractivity contribution is -0.0938. The third kappa shape index (κ3) is 14.3. The van der Waals surface area contributed by atoms with E-state index in [9.17, 15) is 10.2 Å². The molecular weight excluding hydrogens is 392 g/mol. The van der Waals surface area contributed by atoms with E-state index in [1.165, 1.54) is 89.9 Å². The van der Waals surface area contributed by atoms with Crippen molar-refractivity contribution < 1.29 is 24.8 Å². The second kappa shape index (κ2) is 20.2. The van der Waals surface area contributed by atoms with Gasteiger partial charge in [0.25, 0.3) is 0 Å². The summed E-state index contributed by atoms with van der Waals surface area (Å²) in [6.45, 7) is 2.58. The summed E-state index contributed by atoms with van der Waals surface area (Å²) in [5, 5.41) is 28.7. The zero-order valence-corrected chi connectivity index (χ0v) is 20.1. The average molecular weight is 443 g/mol. The molecule has 1 saturated heterocycles. The predicted molar refractivity (Wildman–Crippen MR) is 127 cm³/mol. The summed E-state index contributed by atoms with van der Waals surface area (Å²) >= 11 is 0. The van der Waals surface area contributed by atoms with Gasteiger partial charge in [0.1, 0.15) is 24.4 Å². The molecule has 0 radical (unpaired) electrons. The molecular formula is C26H50O5. The van der Waals surface area contributed by atoms with Crippen LogP contribution in [-0.4, -0.2) is 59.6 Å². The first-order valence-electron chi connectivity index (χ1n) is 13.1. The third-order valence-electron chi connectivity index (χ3n) is 6.20. The third-order valence-corrected chi connectivity index (χ3v) is 6.20. The molecule has 184 valence electrons. The van der Waals surface area contributed by atoms with Crippen molar-refractivity contribution >= 4 is 0 Å². The minimum Gasteiger partial charge on any atom is -0.394 e. The van der Waals surface area contributed by atoms with Crippen LogP contribution in [0.2, 0.25) is 0 Å². The standard InChI is InChI=1S/C26H50O5/c1-2-3-4-5-6-7-8-9-10-11-12-13-14-15-16-17-18-19-20-30-26-24(29)22-31-25(26)23(28)21-27/h5-6,23-29H,2-4,7-22H2,1H3/b6-5+/t23-,24+,25-,26-/m0/s1. The highest BCUT2D eigenvalue weighted by Crippen LogP contribution is 2.21. The molecule has 1 aliphatic rings. The fraction of sp³-hybridized carbons (Fsp3) is 0.923. The number of aliphatic hydroxyl groups excluding tert-OH is 3. The van der Waals surface area contributed by atoms with Crippen LogP contribution in [0, 0.1) is 0 Å². The molecule has 5 heteroatoms. The van der Waals surface area contributed by atoms with Gasteiger partial charge in [-0.2, -0.15) is 0 Å². The summed E-state index contributed by atoms with van der Waals surface area (Å²) in [7, 11) is 0. The first-order valence-corrected chi connectivity index (χ1v) is 13.1. The van der Waals surface area contributed by atoms with E-state index in [4.69, 9.17) is 14.6 Å². The van der Waals surface area contributed by atoms with Gasteiger partial charge in [0.05, 0.1) is 13.2 Å². The van der Waals surface area contributed by atoms with Crippen LogP contribution in [0.15, 0.2) is 12.2 Å². The van der Waals surface area contributed by atoms with Crippen LogP contribution in [0.1, 0.15) is 110 Å². The molecule has 5 nitrogen and oxygen atoms in total. The van der Waals surface area contributed by atoms with Gasteiger partial charge in [-0.05, 0) is 25.7 Å². The van der Waals surface area contributed by atoms with Crippen LogP contribution >= 0.6 is 0 Å². The Morgan fingerprint density at radius 2 is 1.35 bits per heavy atom. The second-order valence-corrected chi connectivity index (χ2v) is 9.10. The molecule has 0 amide bonds. The van der Waals surface area contributed by atoms with Crippen LogP contribution in [0.25, 0.3) is 0 Å². The van der Waals surface area contributed by atoms with Crippen molar-refractivity contribution in [3.8, 4) is 0 Å². The molecule has 0 unspecified atom stereocenters. The monoisotopic (exact) mass is 442 g/mol. The lowest BCUT2D eigenvalue weighted by atomic mass is 10.0. The first kappa shape index (κ1) is 28.6. The van der Waals surface area contributed by atoms with E-state index >= 15 is 0 Å². The highest BCUT2D eigenvalue weighted by Gasteiger charge is 2.40. The maximum atomic E-state index is 9.91. The van der Waals surface area contributed by atoms with Gasteiger partial charge in [0.15, 0.2) is 0 Å². The number of rotatable bonds is 21. The number of allylic oxidation sites excluding steroid dienone is 2. The van der Waals surface area contributed by atoms with Crippen LogP contribution in [0.5, 0.6) is 0 Å². The van der Waals surface area contributed by atoms with Gasteiger partial charge in [-0.3, -0.25) is 0 Å². The van der Waals surface area contributed by atoms with E-state index < -0.39 is 24.4 Å². The van der Waals surface area contributed by atoms with E-state index in [0.717, 1.165) is 12.8 Å². The van der Waals surface area contributed by atoms with E-state index in [1.807, 2.05) is 0 Å². The highest BCUT2D eigenvalue weighted by molar-refractivity contribution is 4.89. The fourth-order valence-electron chi connectivity index (χ4n) is 4.17. The summed E-state index contributed by atoms with van der Waals surface area (Å²) < 4.78 is 11.1. The van der Waals surface area contributed by atoms with Crippen molar-refractivity contribution in [2.75, 3.05) is 19.8 Å². The van der Waals surface area contributed by atoms with Gasteiger partial charge in [-0.15, -0.1) is 0 Å². The van der Waals surface area contributed by atoms with Gasteiger partial charge in [-0.1, -0.05) is 96.1 Å². The molecule has 1 heterocycles. The van der Waals surface area contributed by atoms with Gasteiger partial charge in [0, 0.05) is 6.61 Å². The van der Waals surface area contributed by atoms with E-state index in [-0.39, 0.29) is 13.2 Å². The Hall–Kier alpha value is -0.460. The Bertz CT molecular complexity index is 415. The van der Waals surface area contributed by atoms with Crippen molar-refractivity contribution in [3.05, 3.63) is 12.2 Å². The normalized spacial score (nSPS) is 22.5. The number of ether oxygens (including phenoxy) is 2. The molecule has 1 fully saturated rings. The molecule has 0 aromatic heterocycles. The maximum Gasteiger partial charge on any atom is 0.114 e. The molecule has 0 spiro atoms. The topological polar surface area (TPSA) is 79.2 Å². The first-order chi connectivity index (χ1) is 15.2. The number of unbranched alkanes of at least 4 members (excludes halogenated alkanes) is 14. The number of hydrogen-bond donors (Lipinski definition) is 3. The van der Waals surface area contributed by atoms with Gasteiger partial charge in [-0.25, -0.2) is 0 Å². The Morgan fingerprint density at radius 1 is 0.839 bits per heavy atom. The Balaban J connectivity index is 1.81. The van der Waals surface area contributed by atoms with E-state index in [1.54, 1.807) is 0 Å². The molecule has 0 aromatic carbocycles. The molecule has 0 aliphatic carbocycles. The fourth-order valence-corrected chi connectivity index (χ4v) is 4.17. The molecule has 4 atom stereocenters. The minimum absolute atomic E-state index is 0.156. The number of hydrogen-bond acceptors (Lipinski definition) is 5. The molecule has 0 saturated carbocycles. The van der Waals surface area contributed by atoms with Crippen LogP contribution in [0.3, 0.4) is 0 Å². The maximum absolute atomic E-state index is 9.91. The van der Waals surface area contributed by atoms with Gasteiger partial charge < -0.3 is 24.8 Å². The SMILES string of the molecule is CCCC/C=C/CCCCCCCCCCCCCCO[C@@H]1[C@H]([C@@H](O)CO)OC[C@H]1O. The quantitative estimate of drug-likeness (QED) is 0.166. The molecule has 1 rings (SSSR count). The molecule has 31 heavy (non-hydrogen) atoms. The minimum atomic E-state index is -1.00. The van der Waals surface area contributed by atoms with Crippen molar-refractivity contribution in [3.63, 3.8) is 0 Å². The largest absolute Gasteiger partial charge is 0.394 e. The zero-order chi connectivity index (χ0) is 22.6. The van der Waals surface area contributed by atoms with Crippen LogP contribution in [-0.2, 0) is 9.47 Å². The molecule has 0 bridgehead atoms. The van der Waals surface area contributed by atoms with Gasteiger partial charge >= 0.3 is 0 Å². The highest BCUT2D eigenvalue weighted by atomic mass is 16.6. The second-order valence-electron chi connectivity index (χ2n) is 9.10. The van der Waals surface area contributed by atoms with Crippen LogP contribution in [0.4, 0.5) is 0 Å². The molecule has 0 aromatic rings. The summed E-state index contributed by atoms with van der Waals surface area (Å²) in [4.78, 5) is 0. The summed E-state index contributed by atoms with van der Waals surface area (Å²) in [5.41, 5.74) is 0. The van der Waals surface area contributed by atoms with Crippen LogP contribution < -0.4 is 0 Å². The lowest BCUT2D eigenvalue weighted by Gasteiger charge is -2.23. The summed E-state index contributed by atoms with van der Waals surface area (Å²) in [5.74, 6) is 0. The van der Waals surface area contributed by atoms with E-state index in [2.05, 4.69) is 19.1 Å². The Labute approximate surface area is 191 Å². The van der Waals surface area contributed by atoms with Gasteiger partial charge in [0.2, 0.25) is 0 Å². The van der Waals surface area contributed by atoms with Crippen molar-refractivity contribution in [1.82, 2.24) is 0 Å². The molecule has 3 N–H and O–H groups in total.